The molecule has 0 bridgehead atoms. The highest BCUT2D eigenvalue weighted by Gasteiger charge is 2.08. The van der Waals surface area contributed by atoms with E-state index in [0.29, 0.717) is 0 Å². The molecule has 1 aromatic carbocycles. The van der Waals surface area contributed by atoms with Crippen LogP contribution in [-0.4, -0.2) is 21.6 Å². The van der Waals surface area contributed by atoms with Crippen LogP contribution in [0.1, 0.15) is 31.2 Å². The Balaban J connectivity index is 1.40. The van der Waals surface area contributed by atoms with E-state index in [9.17, 15) is 0 Å². The average Bonchev–Trinajstić information content (AvgIpc) is 3.36. The number of aromatic amines is 1. The number of furan rings is 1. The summed E-state index contributed by atoms with van der Waals surface area (Å²) in [6.07, 6.45) is 7.45. The Kier molecular flexibility index (Phi) is 5.19. The van der Waals surface area contributed by atoms with Crippen LogP contribution in [0.2, 0.25) is 0 Å². The Bertz CT molecular complexity index is 988. The smallest absolute Gasteiger partial charge is 0.177 e. The Morgan fingerprint density at radius 1 is 1.11 bits per heavy atom. The fourth-order valence-electron chi connectivity index (χ4n) is 3.00. The lowest BCUT2D eigenvalue weighted by Gasteiger charge is -2.06. The molecule has 0 aliphatic carbocycles. The van der Waals surface area contributed by atoms with E-state index in [1.54, 1.807) is 12.5 Å². The first-order valence-electron chi connectivity index (χ1n) is 9.42. The highest BCUT2D eigenvalue weighted by Crippen LogP contribution is 2.22. The van der Waals surface area contributed by atoms with Gasteiger partial charge in [0.25, 0.3) is 0 Å². The molecule has 138 valence electrons. The number of pyridine rings is 1. The Labute approximate surface area is 158 Å². The molecule has 0 spiro atoms. The first-order chi connectivity index (χ1) is 13.3. The van der Waals surface area contributed by atoms with Crippen LogP contribution in [0.15, 0.2) is 59.3 Å². The number of fused-ring (bicyclic) bond motifs is 1. The third-order valence-corrected chi connectivity index (χ3v) is 4.53. The van der Waals surface area contributed by atoms with Crippen LogP contribution in [0.3, 0.4) is 0 Å². The highest BCUT2D eigenvalue weighted by atomic mass is 16.5. The van der Waals surface area contributed by atoms with Gasteiger partial charge in [0.1, 0.15) is 17.3 Å². The third kappa shape index (κ3) is 4.19. The monoisotopic (exact) mass is 361 g/mol. The Morgan fingerprint density at radius 3 is 2.78 bits per heavy atom. The van der Waals surface area contributed by atoms with Crippen molar-refractivity contribution in [2.75, 3.05) is 6.61 Å². The summed E-state index contributed by atoms with van der Waals surface area (Å²) in [7, 11) is 0. The number of benzene rings is 1. The Hall–Kier alpha value is -3.08. The van der Waals surface area contributed by atoms with Gasteiger partial charge in [-0.05, 0) is 48.7 Å². The van der Waals surface area contributed by atoms with E-state index in [2.05, 4.69) is 34.0 Å². The van der Waals surface area contributed by atoms with E-state index in [1.165, 1.54) is 5.56 Å². The van der Waals surface area contributed by atoms with Crippen LogP contribution < -0.4 is 4.74 Å². The summed E-state index contributed by atoms with van der Waals surface area (Å²) in [5, 5.41) is 0. The fraction of sp³-hybridized carbons (Fsp3) is 0.273. The van der Waals surface area contributed by atoms with Gasteiger partial charge in [-0.1, -0.05) is 25.5 Å². The predicted octanol–water partition coefficient (Wildman–Crippen LogP) is 5.18. The van der Waals surface area contributed by atoms with E-state index < -0.39 is 0 Å². The molecule has 0 radical (unpaired) electrons. The van der Waals surface area contributed by atoms with Crippen LogP contribution in [0.4, 0.5) is 0 Å². The maximum absolute atomic E-state index is 5.71. The molecule has 1 N–H and O–H groups in total. The molecule has 5 nitrogen and oxygen atoms in total. The van der Waals surface area contributed by atoms with Crippen LogP contribution in [0.25, 0.3) is 22.5 Å². The Morgan fingerprint density at radius 2 is 2.00 bits per heavy atom. The number of unbranched alkanes of at least 4 members (excludes halogenated alkanes) is 1. The van der Waals surface area contributed by atoms with Crippen molar-refractivity contribution in [2.24, 2.45) is 0 Å². The number of imidazole rings is 1. The van der Waals surface area contributed by atoms with Crippen molar-refractivity contribution >= 4 is 11.2 Å². The number of aryl methyl sites for hydroxylation is 2. The van der Waals surface area contributed by atoms with Crippen molar-refractivity contribution in [1.29, 1.82) is 0 Å². The second-order valence-electron chi connectivity index (χ2n) is 6.60. The van der Waals surface area contributed by atoms with Crippen molar-refractivity contribution < 1.29 is 9.15 Å². The van der Waals surface area contributed by atoms with E-state index >= 15 is 0 Å². The molecule has 0 unspecified atom stereocenters. The number of H-pyrrole nitrogens is 1. The van der Waals surface area contributed by atoms with Crippen LogP contribution in [-0.2, 0) is 12.8 Å². The largest absolute Gasteiger partial charge is 0.494 e. The summed E-state index contributed by atoms with van der Waals surface area (Å²) in [5.41, 5.74) is 3.88. The van der Waals surface area contributed by atoms with Gasteiger partial charge in [-0.2, -0.15) is 0 Å². The quantitative estimate of drug-likeness (QED) is 0.439. The maximum Gasteiger partial charge on any atom is 0.177 e. The van der Waals surface area contributed by atoms with Gasteiger partial charge in [0.2, 0.25) is 0 Å². The summed E-state index contributed by atoms with van der Waals surface area (Å²) in [4.78, 5) is 12.4. The molecule has 5 heteroatoms. The second kappa shape index (κ2) is 8.08. The standard InChI is InChI=1S/C22H23N3O2/c1-2-3-12-26-18-9-6-16(7-10-18)8-11-21-24-19-14-17(15-23-22(19)25-21)20-5-4-13-27-20/h4-7,9-10,13-15H,2-3,8,11-12H2,1H3,(H,23,24,25). The molecular formula is C22H23N3O2. The van der Waals surface area contributed by atoms with Crippen molar-refractivity contribution in [3.05, 3.63) is 66.3 Å². The number of aromatic nitrogens is 3. The van der Waals surface area contributed by atoms with Gasteiger partial charge in [0.05, 0.1) is 18.4 Å². The second-order valence-corrected chi connectivity index (χ2v) is 6.60. The molecule has 0 atom stereocenters. The number of nitrogens with one attached hydrogen (secondary N) is 1. The number of ether oxygens (including phenoxy) is 1. The molecule has 27 heavy (non-hydrogen) atoms. The number of rotatable bonds is 8. The van der Waals surface area contributed by atoms with Crippen LogP contribution in [0, 0.1) is 0 Å². The molecule has 4 rings (SSSR count). The van der Waals surface area contributed by atoms with Crippen molar-refractivity contribution in [3.63, 3.8) is 0 Å². The molecule has 0 amide bonds. The van der Waals surface area contributed by atoms with Gasteiger partial charge >= 0.3 is 0 Å². The topological polar surface area (TPSA) is 63.9 Å². The zero-order valence-corrected chi connectivity index (χ0v) is 15.4. The summed E-state index contributed by atoms with van der Waals surface area (Å²) in [6.45, 7) is 2.94. The van der Waals surface area contributed by atoms with Crippen molar-refractivity contribution in [2.45, 2.75) is 32.6 Å². The average molecular weight is 361 g/mol. The fourth-order valence-corrected chi connectivity index (χ4v) is 3.00. The lowest BCUT2D eigenvalue weighted by atomic mass is 10.1. The van der Waals surface area contributed by atoms with Crippen molar-refractivity contribution in [1.82, 2.24) is 15.0 Å². The van der Waals surface area contributed by atoms with E-state index in [1.807, 2.05) is 30.3 Å². The van der Waals surface area contributed by atoms with Gasteiger partial charge in [0.15, 0.2) is 5.65 Å². The maximum atomic E-state index is 5.71. The van der Waals surface area contributed by atoms with E-state index in [4.69, 9.17) is 9.15 Å². The van der Waals surface area contributed by atoms with Gasteiger partial charge in [-0.3, -0.25) is 0 Å². The minimum Gasteiger partial charge on any atom is -0.494 e. The minimum absolute atomic E-state index is 0.736. The van der Waals surface area contributed by atoms with E-state index in [-0.39, 0.29) is 0 Å². The van der Waals surface area contributed by atoms with E-state index in [0.717, 1.165) is 66.4 Å². The normalized spacial score (nSPS) is 11.1. The molecule has 0 saturated heterocycles. The number of hydrogen-bond acceptors (Lipinski definition) is 4. The van der Waals surface area contributed by atoms with Crippen LogP contribution >= 0.6 is 0 Å². The van der Waals surface area contributed by atoms with Gasteiger partial charge in [0, 0.05) is 18.2 Å². The zero-order valence-electron chi connectivity index (χ0n) is 15.4. The lowest BCUT2D eigenvalue weighted by molar-refractivity contribution is 0.309. The molecule has 4 aromatic rings. The molecular weight excluding hydrogens is 338 g/mol. The van der Waals surface area contributed by atoms with Gasteiger partial charge in [-0.15, -0.1) is 0 Å². The third-order valence-electron chi connectivity index (χ3n) is 4.53. The molecule has 0 saturated carbocycles. The summed E-state index contributed by atoms with van der Waals surface area (Å²) in [5.74, 6) is 2.68. The number of nitrogens with zero attached hydrogens (tertiary/aromatic N) is 2. The summed E-state index contributed by atoms with van der Waals surface area (Å²) in [6, 6.07) is 14.2. The van der Waals surface area contributed by atoms with Gasteiger partial charge in [-0.25, -0.2) is 9.97 Å². The molecule has 3 aromatic heterocycles. The SMILES string of the molecule is CCCCOc1ccc(CCc2nc3ncc(-c4ccco4)cc3[nH]2)cc1. The first-order valence-corrected chi connectivity index (χ1v) is 9.42. The lowest BCUT2D eigenvalue weighted by Crippen LogP contribution is -1.97. The van der Waals surface area contributed by atoms with Gasteiger partial charge < -0.3 is 14.1 Å². The predicted molar refractivity (Wildman–Crippen MR) is 106 cm³/mol. The summed E-state index contributed by atoms with van der Waals surface area (Å²) >= 11 is 0. The highest BCUT2D eigenvalue weighted by molar-refractivity contribution is 5.76. The van der Waals surface area contributed by atoms with Crippen molar-refractivity contribution in [3.8, 4) is 17.1 Å². The molecule has 0 aliphatic rings. The first kappa shape index (κ1) is 17.3. The van der Waals surface area contributed by atoms with Crippen LogP contribution in [0.5, 0.6) is 5.75 Å². The molecule has 0 fully saturated rings. The molecule has 3 heterocycles. The number of hydrogen-bond donors (Lipinski definition) is 1. The minimum atomic E-state index is 0.736. The summed E-state index contributed by atoms with van der Waals surface area (Å²) < 4.78 is 11.1. The molecule has 0 aliphatic heterocycles. The zero-order chi connectivity index (χ0) is 18.5.